The van der Waals surface area contributed by atoms with E-state index in [4.69, 9.17) is 9.15 Å². The van der Waals surface area contributed by atoms with Crippen LogP contribution in [0.15, 0.2) is 94.7 Å². The van der Waals surface area contributed by atoms with Crippen molar-refractivity contribution in [3.8, 4) is 23.0 Å². The fourth-order valence-corrected chi connectivity index (χ4v) is 6.02. The zero-order chi connectivity index (χ0) is 28.3. The van der Waals surface area contributed by atoms with E-state index in [2.05, 4.69) is 10.2 Å². The molecule has 2 aromatic heterocycles. The van der Waals surface area contributed by atoms with E-state index in [9.17, 15) is 9.59 Å². The lowest BCUT2D eigenvalue weighted by molar-refractivity contribution is -0.130. The molecule has 1 aliphatic rings. The molecule has 1 aliphatic heterocycles. The van der Waals surface area contributed by atoms with Crippen LogP contribution in [-0.2, 0) is 4.79 Å². The van der Waals surface area contributed by atoms with Crippen molar-refractivity contribution < 1.29 is 18.7 Å². The number of hydrogen-bond acceptors (Lipinski definition) is 7. The number of rotatable bonds is 7. The Labute approximate surface area is 241 Å². The van der Waals surface area contributed by atoms with Crippen LogP contribution >= 0.6 is 11.8 Å². The molecule has 0 radical (unpaired) electrons. The minimum absolute atomic E-state index is 0.00572. The Balaban J connectivity index is 1.15. The molecule has 41 heavy (non-hydrogen) atoms. The van der Waals surface area contributed by atoms with Crippen LogP contribution in [0, 0.1) is 0 Å². The molecule has 10 heteroatoms. The largest absolute Gasteiger partial charge is 0.497 e. The Morgan fingerprint density at radius 3 is 2.54 bits per heavy atom. The Bertz CT molecular complexity index is 1680. The third-order valence-electron chi connectivity index (χ3n) is 7.29. The number of methoxy groups -OCH3 is 1. The fraction of sp³-hybridized carbons (Fsp3) is 0.226. The van der Waals surface area contributed by atoms with Crippen molar-refractivity contribution in [1.29, 1.82) is 0 Å². The summed E-state index contributed by atoms with van der Waals surface area (Å²) in [6, 6.07) is 24.8. The molecule has 0 saturated carbocycles. The van der Waals surface area contributed by atoms with E-state index < -0.39 is 0 Å². The summed E-state index contributed by atoms with van der Waals surface area (Å²) in [5.41, 5.74) is 1.52. The maximum Gasteiger partial charge on any atom is 0.254 e. The van der Waals surface area contributed by atoms with Crippen molar-refractivity contribution in [2.75, 3.05) is 32.5 Å². The zero-order valence-corrected chi connectivity index (χ0v) is 23.6. The minimum Gasteiger partial charge on any atom is -0.497 e. The van der Waals surface area contributed by atoms with Gasteiger partial charge in [-0.25, -0.2) is 0 Å². The minimum atomic E-state index is -0.113. The van der Waals surface area contributed by atoms with Crippen LogP contribution in [-0.4, -0.2) is 74.9 Å². The summed E-state index contributed by atoms with van der Waals surface area (Å²) >= 11 is 1.32. The van der Waals surface area contributed by atoms with Crippen LogP contribution in [0.2, 0.25) is 0 Å². The summed E-state index contributed by atoms with van der Waals surface area (Å²) in [5, 5.41) is 11.3. The van der Waals surface area contributed by atoms with Gasteiger partial charge in [-0.2, -0.15) is 0 Å². The highest BCUT2D eigenvalue weighted by Gasteiger charge is 2.31. The van der Waals surface area contributed by atoms with Crippen molar-refractivity contribution in [1.82, 2.24) is 24.6 Å². The van der Waals surface area contributed by atoms with E-state index >= 15 is 0 Å². The SMILES string of the molecule is COc1ccc(-n2c(SCC(=O)N3CCN(C(=O)c4cccc5ccccc45)C(C)C3)nnc2-c2ccco2)cc1. The summed E-state index contributed by atoms with van der Waals surface area (Å²) in [5.74, 6) is 2.03. The number of thioether (sulfide) groups is 1. The van der Waals surface area contributed by atoms with Crippen LogP contribution in [0.5, 0.6) is 5.75 Å². The predicted molar refractivity (Wildman–Crippen MR) is 157 cm³/mol. The molecule has 1 unspecified atom stereocenters. The lowest BCUT2D eigenvalue weighted by Gasteiger charge is -2.40. The molecule has 6 rings (SSSR count). The Hall–Kier alpha value is -4.57. The number of furan rings is 1. The number of benzene rings is 3. The average Bonchev–Trinajstić information content (AvgIpc) is 3.69. The van der Waals surface area contributed by atoms with Gasteiger partial charge >= 0.3 is 0 Å². The van der Waals surface area contributed by atoms with Gasteiger partial charge in [-0.3, -0.25) is 14.2 Å². The predicted octanol–water partition coefficient (Wildman–Crippen LogP) is 5.15. The molecule has 0 aliphatic carbocycles. The molecular formula is C31H29N5O4S. The highest BCUT2D eigenvalue weighted by atomic mass is 32.2. The maximum absolute atomic E-state index is 13.5. The number of piperazine rings is 1. The first-order chi connectivity index (χ1) is 20.0. The average molecular weight is 568 g/mol. The van der Waals surface area contributed by atoms with Crippen molar-refractivity contribution in [3.05, 3.63) is 90.7 Å². The first kappa shape index (κ1) is 26.6. The van der Waals surface area contributed by atoms with Crippen LogP contribution in [0.1, 0.15) is 17.3 Å². The standard InChI is InChI=1S/C31H29N5O4S/c1-21-19-34(16-17-35(21)30(38)26-10-5-8-22-7-3-4-9-25(22)26)28(37)20-41-31-33-32-29(27-11-6-18-40-27)36(31)23-12-14-24(39-2)15-13-23/h3-15,18,21H,16-17,19-20H2,1-2H3. The number of hydrogen-bond donors (Lipinski definition) is 0. The van der Waals surface area contributed by atoms with Gasteiger partial charge in [0.25, 0.3) is 5.91 Å². The highest BCUT2D eigenvalue weighted by Crippen LogP contribution is 2.30. The van der Waals surface area contributed by atoms with Crippen molar-refractivity contribution >= 4 is 34.3 Å². The molecule has 1 fully saturated rings. The molecule has 0 bridgehead atoms. The van der Waals surface area contributed by atoms with Gasteiger partial charge in [0, 0.05) is 31.2 Å². The first-order valence-electron chi connectivity index (χ1n) is 13.4. The molecule has 3 aromatic carbocycles. The molecule has 9 nitrogen and oxygen atoms in total. The van der Waals surface area contributed by atoms with Crippen molar-refractivity contribution in [3.63, 3.8) is 0 Å². The summed E-state index contributed by atoms with van der Waals surface area (Å²) in [7, 11) is 1.62. The van der Waals surface area contributed by atoms with E-state index in [1.165, 1.54) is 11.8 Å². The fourth-order valence-electron chi connectivity index (χ4n) is 5.16. The molecular weight excluding hydrogens is 538 g/mol. The van der Waals surface area contributed by atoms with E-state index in [0.29, 0.717) is 41.9 Å². The Morgan fingerprint density at radius 1 is 0.976 bits per heavy atom. The Kier molecular flexibility index (Phi) is 7.47. The van der Waals surface area contributed by atoms with E-state index in [1.54, 1.807) is 19.4 Å². The number of ether oxygens (including phenoxy) is 1. The van der Waals surface area contributed by atoms with Gasteiger partial charge in [-0.05, 0) is 60.2 Å². The quantitative estimate of drug-likeness (QED) is 0.251. The van der Waals surface area contributed by atoms with Gasteiger partial charge in [-0.15, -0.1) is 10.2 Å². The normalized spacial score (nSPS) is 15.3. The molecule has 1 saturated heterocycles. The lowest BCUT2D eigenvalue weighted by atomic mass is 10.0. The third kappa shape index (κ3) is 5.30. The van der Waals surface area contributed by atoms with Gasteiger partial charge in [0.15, 0.2) is 10.9 Å². The highest BCUT2D eigenvalue weighted by molar-refractivity contribution is 7.99. The maximum atomic E-state index is 13.5. The van der Waals surface area contributed by atoms with Gasteiger partial charge in [0.2, 0.25) is 11.7 Å². The second-order valence-corrected chi connectivity index (χ2v) is 10.8. The summed E-state index contributed by atoms with van der Waals surface area (Å²) in [4.78, 5) is 30.5. The van der Waals surface area contributed by atoms with Crippen molar-refractivity contribution in [2.45, 2.75) is 18.1 Å². The first-order valence-corrected chi connectivity index (χ1v) is 14.3. The zero-order valence-electron chi connectivity index (χ0n) is 22.8. The summed E-state index contributed by atoms with van der Waals surface area (Å²) in [6.07, 6.45) is 1.59. The third-order valence-corrected chi connectivity index (χ3v) is 8.21. The second kappa shape index (κ2) is 11.5. The number of carbonyl (C=O) groups excluding carboxylic acids is 2. The van der Waals surface area contributed by atoms with Crippen LogP contribution in [0.3, 0.4) is 0 Å². The van der Waals surface area contributed by atoms with Crippen LogP contribution in [0.4, 0.5) is 0 Å². The number of aromatic nitrogens is 3. The molecule has 3 heterocycles. The molecule has 208 valence electrons. The summed E-state index contributed by atoms with van der Waals surface area (Å²) < 4.78 is 12.8. The smallest absolute Gasteiger partial charge is 0.254 e. The number of carbonyl (C=O) groups is 2. The van der Waals surface area contributed by atoms with E-state index in [1.807, 2.05) is 94.1 Å². The van der Waals surface area contributed by atoms with Crippen LogP contribution in [0.25, 0.3) is 28.0 Å². The van der Waals surface area contributed by atoms with Gasteiger partial charge in [0.05, 0.1) is 24.8 Å². The number of fused-ring (bicyclic) bond motifs is 1. The molecule has 2 amide bonds. The van der Waals surface area contributed by atoms with E-state index in [-0.39, 0.29) is 23.6 Å². The topological polar surface area (TPSA) is 93.7 Å². The molecule has 1 atom stereocenters. The molecule has 0 N–H and O–H groups in total. The summed E-state index contributed by atoms with van der Waals surface area (Å²) in [6.45, 7) is 3.41. The monoisotopic (exact) mass is 567 g/mol. The Morgan fingerprint density at radius 2 is 1.78 bits per heavy atom. The van der Waals surface area contributed by atoms with Crippen molar-refractivity contribution in [2.24, 2.45) is 0 Å². The van der Waals surface area contributed by atoms with Crippen LogP contribution < -0.4 is 4.74 Å². The van der Waals surface area contributed by atoms with E-state index in [0.717, 1.165) is 22.2 Å². The second-order valence-electron chi connectivity index (χ2n) is 9.82. The lowest BCUT2D eigenvalue weighted by Crippen LogP contribution is -2.55. The molecule has 0 spiro atoms. The van der Waals surface area contributed by atoms with Gasteiger partial charge in [-0.1, -0.05) is 48.2 Å². The van der Waals surface area contributed by atoms with Gasteiger partial charge < -0.3 is 19.0 Å². The van der Waals surface area contributed by atoms with Gasteiger partial charge in [0.1, 0.15) is 5.75 Å². The molecule has 5 aromatic rings. The number of amides is 2. The number of nitrogens with zero attached hydrogens (tertiary/aromatic N) is 5.